The zero-order valence-corrected chi connectivity index (χ0v) is 64.7. The number of phenols is 1. The number of rotatable bonds is 30. The second-order valence-corrected chi connectivity index (χ2v) is 25.1. The summed E-state index contributed by atoms with van der Waals surface area (Å²) < 4.78 is 31.2. The standard InChI is InChI=1S/C24H25N3O5.C23H23N3O4.C22H21N3O3.C21H19N3O3/c1-31-22-8-6-15(10-20(22)25)5-7-21(30)18-4-3-9-26-24(18)27-17-11-16(13-28)19(14-29)23(12-17)32-2;1-29-21-10-6-15(12-19(21)24)5-9-20(28)18-4-3-11-25-23(18)26-17-8-7-16(14-27)22(13-17)30-2;1-28-21-11-7-15(13-19(21)23)6-10-20(27)18-3-2-12-24-22(18)25-17-8-4-16(14-26)5-9-17;1-27-20-11-5-14(13-18(20)22)4-10-19(26)17-3-2-12-23-21(17)24-15-6-8-16(25)9-7-15/h3-12,28-29H,13-14,25H2,1-2H3,(H,26,27);3-13,27H,14,24H2,1-2H3,(H,25,26);2-13,26H,14,23H2,1H3,(H,24,25);2-13,25H,22H2,1H3,(H,23,24)/b7-5+;9-5+;10-6+;10-4+. The number of benzene rings is 8. The van der Waals surface area contributed by atoms with Crippen LogP contribution in [0.25, 0.3) is 24.3 Å². The summed E-state index contributed by atoms with van der Waals surface area (Å²) in [5.41, 5.74) is 35.6. The number of methoxy groups -OCH3 is 6. The van der Waals surface area contributed by atoms with Gasteiger partial charge in [0.2, 0.25) is 0 Å². The van der Waals surface area contributed by atoms with Gasteiger partial charge in [-0.25, -0.2) is 19.9 Å². The average molecular weight is 1580 g/mol. The van der Waals surface area contributed by atoms with Crippen molar-refractivity contribution < 1.29 is 73.1 Å². The van der Waals surface area contributed by atoms with Crippen LogP contribution in [0.15, 0.2) is 249 Å². The molecule has 0 aliphatic rings. The number of allylic oxidation sites excluding steroid dienone is 4. The van der Waals surface area contributed by atoms with Gasteiger partial charge in [-0.1, -0.05) is 66.8 Å². The molecule has 0 bridgehead atoms. The third-order valence-electron chi connectivity index (χ3n) is 17.4. The minimum absolute atomic E-state index is 0.0196. The third-order valence-corrected chi connectivity index (χ3v) is 17.4. The molecule has 4 aromatic heterocycles. The number of aliphatic hydroxyl groups excluding tert-OH is 4. The number of nitrogens with zero attached hydrogens (tertiary/aromatic N) is 4. The molecule has 4 heterocycles. The number of aromatic hydroxyl groups is 1. The van der Waals surface area contributed by atoms with Crippen molar-refractivity contribution in [2.24, 2.45) is 0 Å². The maximum atomic E-state index is 12.9. The summed E-state index contributed by atoms with van der Waals surface area (Å²) in [5.74, 6) is 4.28. The number of pyridine rings is 4. The Bertz CT molecular complexity index is 5540. The largest absolute Gasteiger partial charge is 0.508 e. The lowest BCUT2D eigenvalue weighted by atomic mass is 10.1. The van der Waals surface area contributed by atoms with E-state index in [1.165, 1.54) is 45.6 Å². The summed E-state index contributed by atoms with van der Waals surface area (Å²) >= 11 is 0. The first kappa shape index (κ1) is 85.8. The molecule has 0 spiro atoms. The first-order chi connectivity index (χ1) is 56.7. The van der Waals surface area contributed by atoms with E-state index in [1.54, 1.807) is 240 Å². The summed E-state index contributed by atoms with van der Waals surface area (Å²) in [6.07, 6.45) is 19.0. The van der Waals surface area contributed by atoms with Crippen LogP contribution in [0.4, 0.5) is 68.8 Å². The molecule has 0 saturated heterocycles. The molecule has 0 radical (unpaired) electrons. The summed E-state index contributed by atoms with van der Waals surface area (Å²) in [4.78, 5) is 68.1. The molecule has 27 heteroatoms. The van der Waals surface area contributed by atoms with Crippen LogP contribution in [0.1, 0.15) is 85.9 Å². The van der Waals surface area contributed by atoms with E-state index in [1.807, 2.05) is 30.3 Å². The molecule has 17 N–H and O–H groups in total. The zero-order chi connectivity index (χ0) is 83.8. The lowest BCUT2D eigenvalue weighted by Gasteiger charge is -2.15. The SMILES string of the molecule is COc1ccc(/C=C/C(=O)c2cccnc2Nc2cc(CO)c(CO)c(OC)c2)cc1N.COc1ccc(/C=C/C(=O)c2cccnc2Nc2ccc(CO)c(OC)c2)cc1N.COc1ccc(/C=C/C(=O)c2cccnc2Nc2ccc(CO)cc2)cc1N.COc1ccc(/C=C/C(=O)c2cccnc2Nc2ccc(O)cc2)cc1N. The van der Waals surface area contributed by atoms with Crippen LogP contribution < -0.4 is 72.6 Å². The molecule has 27 nitrogen and oxygen atoms in total. The van der Waals surface area contributed by atoms with E-state index in [-0.39, 0.29) is 55.3 Å². The molecular weight excluding hydrogens is 1490 g/mol. The molecule has 0 aliphatic heterocycles. The number of nitrogens with one attached hydrogen (secondary N) is 4. The van der Waals surface area contributed by atoms with Gasteiger partial charge < -0.3 is 98.2 Å². The van der Waals surface area contributed by atoms with Gasteiger partial charge in [-0.3, -0.25) is 19.2 Å². The van der Waals surface area contributed by atoms with Crippen LogP contribution in [0.5, 0.6) is 40.2 Å². The van der Waals surface area contributed by atoms with E-state index in [4.69, 9.17) is 56.5 Å². The fraction of sp³-hybridized carbons (Fsp3) is 0.111. The number of nitrogens with two attached hydrogens (primary N) is 4. The molecule has 12 rings (SSSR count). The van der Waals surface area contributed by atoms with Gasteiger partial charge in [-0.2, -0.15) is 0 Å². The fourth-order valence-corrected chi connectivity index (χ4v) is 11.3. The maximum Gasteiger partial charge on any atom is 0.189 e. The van der Waals surface area contributed by atoms with E-state index >= 15 is 0 Å². The van der Waals surface area contributed by atoms with Crippen molar-refractivity contribution in [1.29, 1.82) is 0 Å². The Morgan fingerprint density at radius 3 is 0.940 bits per heavy atom. The highest BCUT2D eigenvalue weighted by Crippen LogP contribution is 2.34. The molecule has 0 unspecified atom stereocenters. The molecule has 117 heavy (non-hydrogen) atoms. The predicted octanol–water partition coefficient (Wildman–Crippen LogP) is 14.9. The van der Waals surface area contributed by atoms with Crippen LogP contribution in [0.2, 0.25) is 0 Å². The lowest BCUT2D eigenvalue weighted by Crippen LogP contribution is -2.05. The van der Waals surface area contributed by atoms with E-state index in [0.29, 0.717) is 137 Å². The molecule has 0 fully saturated rings. The van der Waals surface area contributed by atoms with Gasteiger partial charge >= 0.3 is 0 Å². The number of aromatic nitrogens is 4. The number of ketones is 4. The zero-order valence-electron chi connectivity index (χ0n) is 64.7. The number of ether oxygens (including phenoxy) is 6. The Morgan fingerprint density at radius 2 is 0.632 bits per heavy atom. The molecule has 0 saturated carbocycles. The number of anilines is 12. The van der Waals surface area contributed by atoms with Crippen molar-refractivity contribution in [3.63, 3.8) is 0 Å². The van der Waals surface area contributed by atoms with Crippen molar-refractivity contribution >= 4 is 116 Å². The van der Waals surface area contributed by atoms with E-state index in [0.717, 1.165) is 33.5 Å². The second-order valence-electron chi connectivity index (χ2n) is 25.1. The number of hydrogen-bond acceptors (Lipinski definition) is 27. The number of carbonyl (C=O) groups is 4. The molecule has 0 amide bonds. The van der Waals surface area contributed by atoms with Gasteiger partial charge in [0.25, 0.3) is 0 Å². The van der Waals surface area contributed by atoms with E-state index in [2.05, 4.69) is 41.2 Å². The van der Waals surface area contributed by atoms with Gasteiger partial charge in [0, 0.05) is 70.8 Å². The van der Waals surface area contributed by atoms with Gasteiger partial charge in [0.05, 0.1) is 114 Å². The number of carbonyl (C=O) groups excluding carboxylic acids is 4. The second kappa shape index (κ2) is 43.0. The third kappa shape index (κ3) is 24.2. The number of aliphatic hydroxyl groups is 4. The minimum atomic E-state index is -0.274. The van der Waals surface area contributed by atoms with Crippen LogP contribution >= 0.6 is 0 Å². The summed E-state index contributed by atoms with van der Waals surface area (Å²) in [5, 5.41) is 59.6. The first-order valence-corrected chi connectivity index (χ1v) is 35.9. The van der Waals surface area contributed by atoms with E-state index in [9.17, 15) is 39.6 Å². The summed E-state index contributed by atoms with van der Waals surface area (Å²) in [7, 11) is 9.21. The quantitative estimate of drug-likeness (QED) is 0.00860. The highest BCUT2D eigenvalue weighted by molar-refractivity contribution is 6.12. The Hall–Kier alpha value is -15.2. The molecule has 0 aliphatic carbocycles. The van der Waals surface area contributed by atoms with Crippen molar-refractivity contribution in [3.05, 3.63) is 316 Å². The number of nitrogen functional groups attached to an aromatic ring is 4. The van der Waals surface area contributed by atoms with Gasteiger partial charge in [-0.15, -0.1) is 0 Å². The molecule has 12 aromatic rings. The highest BCUT2D eigenvalue weighted by atomic mass is 16.5. The van der Waals surface area contributed by atoms with Crippen molar-refractivity contribution in [2.45, 2.75) is 26.4 Å². The Balaban J connectivity index is 0.000000178. The molecule has 8 aromatic carbocycles. The summed E-state index contributed by atoms with van der Waals surface area (Å²) in [6, 6.07) is 57.1. The fourth-order valence-electron chi connectivity index (χ4n) is 11.3. The number of hydrogen-bond donors (Lipinski definition) is 13. The highest BCUT2D eigenvalue weighted by Gasteiger charge is 2.18. The predicted molar refractivity (Wildman–Crippen MR) is 457 cm³/mol. The Morgan fingerprint density at radius 1 is 0.325 bits per heavy atom. The normalized spacial score (nSPS) is 10.8. The number of phenolic OH excluding ortho intramolecular Hbond substituents is 1. The van der Waals surface area contributed by atoms with Gasteiger partial charge in [-0.05, 0) is 203 Å². The van der Waals surface area contributed by atoms with Crippen LogP contribution in [0.3, 0.4) is 0 Å². The van der Waals surface area contributed by atoms with Gasteiger partial charge in [0.1, 0.15) is 63.5 Å². The Labute approximate surface area is 675 Å². The maximum absolute atomic E-state index is 12.9. The topological polar surface area (TPSA) is 429 Å². The lowest BCUT2D eigenvalue weighted by molar-refractivity contribution is 0.104. The molecule has 0 atom stereocenters. The average Bonchev–Trinajstić information content (AvgIpc) is 0.814. The minimum Gasteiger partial charge on any atom is -0.508 e. The first-order valence-electron chi connectivity index (χ1n) is 35.9. The van der Waals surface area contributed by atoms with Crippen molar-refractivity contribution in [1.82, 2.24) is 19.9 Å². The molecular formula is C90H88N12O15. The van der Waals surface area contributed by atoms with Gasteiger partial charge in [0.15, 0.2) is 23.1 Å². The van der Waals surface area contributed by atoms with Crippen molar-refractivity contribution in [3.8, 4) is 40.2 Å². The van der Waals surface area contributed by atoms with Crippen molar-refractivity contribution in [2.75, 3.05) is 86.9 Å². The van der Waals surface area contributed by atoms with Crippen LogP contribution in [0, 0.1) is 0 Å². The smallest absolute Gasteiger partial charge is 0.189 e. The molecule has 598 valence electrons. The summed E-state index contributed by atoms with van der Waals surface area (Å²) in [6.45, 7) is -0.692. The monoisotopic (exact) mass is 1580 g/mol. The Kier molecular flexibility index (Phi) is 31.6. The van der Waals surface area contributed by atoms with Crippen LogP contribution in [-0.2, 0) is 26.4 Å². The van der Waals surface area contributed by atoms with E-state index < -0.39 is 0 Å². The van der Waals surface area contributed by atoms with Crippen LogP contribution in [-0.4, -0.2) is 111 Å².